The lowest BCUT2D eigenvalue weighted by Crippen LogP contribution is -2.12. The highest BCUT2D eigenvalue weighted by Crippen LogP contribution is 2.31. The van der Waals surface area contributed by atoms with Gasteiger partial charge in [0.25, 0.3) is 0 Å². The molecule has 2 aromatic rings. The molecule has 1 N–H and O–H groups in total. The molecule has 0 spiro atoms. The Bertz CT molecular complexity index is 587. The molecular formula is C16H22FN3. The van der Waals surface area contributed by atoms with Crippen molar-refractivity contribution in [2.24, 2.45) is 7.05 Å². The van der Waals surface area contributed by atoms with Crippen LogP contribution in [0.2, 0.25) is 0 Å². The molecule has 0 bridgehead atoms. The molecule has 3 nitrogen and oxygen atoms in total. The summed E-state index contributed by atoms with van der Waals surface area (Å²) in [7, 11) is 1.90. The van der Waals surface area contributed by atoms with Gasteiger partial charge in [0.1, 0.15) is 5.82 Å². The lowest BCUT2D eigenvalue weighted by molar-refractivity contribution is 0.626. The van der Waals surface area contributed by atoms with Crippen molar-refractivity contribution in [1.29, 1.82) is 0 Å². The molecule has 0 saturated heterocycles. The average Bonchev–Trinajstić information content (AvgIpc) is 2.79. The van der Waals surface area contributed by atoms with E-state index in [-0.39, 0.29) is 5.82 Å². The molecule has 0 fully saturated rings. The van der Waals surface area contributed by atoms with Crippen LogP contribution >= 0.6 is 0 Å². The molecule has 108 valence electrons. The fourth-order valence-corrected chi connectivity index (χ4v) is 2.35. The van der Waals surface area contributed by atoms with Crippen LogP contribution in [0.5, 0.6) is 0 Å². The highest BCUT2D eigenvalue weighted by atomic mass is 19.1. The Balaban J connectivity index is 2.53. The van der Waals surface area contributed by atoms with Crippen molar-refractivity contribution in [3.05, 3.63) is 41.5 Å². The van der Waals surface area contributed by atoms with Crippen molar-refractivity contribution >= 4 is 0 Å². The Morgan fingerprint density at radius 1 is 1.30 bits per heavy atom. The number of nitrogens with zero attached hydrogens (tertiary/aromatic N) is 2. The second-order valence-electron chi connectivity index (χ2n) is 5.34. The zero-order valence-corrected chi connectivity index (χ0v) is 12.6. The lowest BCUT2D eigenvalue weighted by Gasteiger charge is -2.11. The van der Waals surface area contributed by atoms with E-state index in [9.17, 15) is 4.39 Å². The van der Waals surface area contributed by atoms with Crippen molar-refractivity contribution in [2.75, 3.05) is 6.54 Å². The van der Waals surface area contributed by atoms with Gasteiger partial charge in [0, 0.05) is 25.4 Å². The van der Waals surface area contributed by atoms with Crippen LogP contribution in [-0.2, 0) is 13.6 Å². The molecule has 0 aliphatic heterocycles. The minimum atomic E-state index is -0.209. The molecule has 0 unspecified atom stereocenters. The SMILES string of the molecule is CCNCc1ccc(F)cc1-c1cn(C)nc1C(C)C. The maximum absolute atomic E-state index is 13.6. The van der Waals surface area contributed by atoms with E-state index < -0.39 is 0 Å². The monoisotopic (exact) mass is 275 g/mol. The number of nitrogens with one attached hydrogen (secondary N) is 1. The van der Waals surface area contributed by atoms with Crippen LogP contribution in [0.15, 0.2) is 24.4 Å². The van der Waals surface area contributed by atoms with Crippen LogP contribution in [-0.4, -0.2) is 16.3 Å². The minimum Gasteiger partial charge on any atom is -0.313 e. The van der Waals surface area contributed by atoms with Gasteiger partial charge in [-0.05, 0) is 35.7 Å². The summed E-state index contributed by atoms with van der Waals surface area (Å²) in [4.78, 5) is 0. The standard InChI is InChI=1S/C16H22FN3/c1-5-18-9-12-6-7-13(17)8-14(12)15-10-20(4)19-16(15)11(2)3/h6-8,10-11,18H,5,9H2,1-4H3. The Morgan fingerprint density at radius 2 is 2.05 bits per heavy atom. The van der Waals surface area contributed by atoms with Crippen LogP contribution in [0.25, 0.3) is 11.1 Å². The Kier molecular flexibility index (Phi) is 4.55. The van der Waals surface area contributed by atoms with Gasteiger partial charge in [-0.2, -0.15) is 5.10 Å². The zero-order chi connectivity index (χ0) is 14.7. The van der Waals surface area contributed by atoms with E-state index in [0.29, 0.717) is 5.92 Å². The van der Waals surface area contributed by atoms with Crippen LogP contribution in [0, 0.1) is 5.82 Å². The van der Waals surface area contributed by atoms with Gasteiger partial charge in [0.2, 0.25) is 0 Å². The van der Waals surface area contributed by atoms with Gasteiger partial charge in [0.05, 0.1) is 5.69 Å². The van der Waals surface area contributed by atoms with E-state index >= 15 is 0 Å². The maximum atomic E-state index is 13.6. The quantitative estimate of drug-likeness (QED) is 0.905. The maximum Gasteiger partial charge on any atom is 0.123 e. The van der Waals surface area contributed by atoms with Crippen molar-refractivity contribution in [1.82, 2.24) is 15.1 Å². The highest BCUT2D eigenvalue weighted by molar-refractivity contribution is 5.69. The van der Waals surface area contributed by atoms with Gasteiger partial charge in [-0.15, -0.1) is 0 Å². The largest absolute Gasteiger partial charge is 0.313 e. The molecule has 0 saturated carbocycles. The number of aromatic nitrogens is 2. The van der Waals surface area contributed by atoms with Gasteiger partial charge < -0.3 is 5.32 Å². The predicted octanol–water partition coefficient (Wildman–Crippen LogP) is 3.46. The first kappa shape index (κ1) is 14.7. The Labute approximate surface area is 119 Å². The highest BCUT2D eigenvalue weighted by Gasteiger charge is 2.16. The number of hydrogen-bond donors (Lipinski definition) is 1. The van der Waals surface area contributed by atoms with E-state index in [1.807, 2.05) is 19.3 Å². The number of halogens is 1. The summed E-state index contributed by atoms with van der Waals surface area (Å²) in [6, 6.07) is 4.97. The van der Waals surface area contributed by atoms with Gasteiger partial charge in [0.15, 0.2) is 0 Å². The molecule has 1 aromatic carbocycles. The van der Waals surface area contributed by atoms with Crippen molar-refractivity contribution in [3.8, 4) is 11.1 Å². The second-order valence-corrected chi connectivity index (χ2v) is 5.34. The van der Waals surface area contributed by atoms with Crippen molar-refractivity contribution in [3.63, 3.8) is 0 Å². The summed E-state index contributed by atoms with van der Waals surface area (Å²) >= 11 is 0. The lowest BCUT2D eigenvalue weighted by atomic mass is 9.96. The molecule has 2 rings (SSSR count). The van der Waals surface area contributed by atoms with Crippen LogP contribution in [0.3, 0.4) is 0 Å². The van der Waals surface area contributed by atoms with Gasteiger partial charge in [-0.25, -0.2) is 4.39 Å². The Hall–Kier alpha value is -1.68. The van der Waals surface area contributed by atoms with Crippen LogP contribution < -0.4 is 5.32 Å². The van der Waals surface area contributed by atoms with Crippen LogP contribution in [0.1, 0.15) is 37.9 Å². The first-order valence-corrected chi connectivity index (χ1v) is 7.06. The molecule has 0 aliphatic carbocycles. The molecule has 0 radical (unpaired) electrons. The first-order valence-electron chi connectivity index (χ1n) is 7.06. The van der Waals surface area contributed by atoms with E-state index in [1.165, 1.54) is 6.07 Å². The molecule has 1 heterocycles. The summed E-state index contributed by atoms with van der Waals surface area (Å²) in [5, 5.41) is 7.81. The van der Waals surface area contributed by atoms with E-state index in [0.717, 1.165) is 35.5 Å². The third-order valence-corrected chi connectivity index (χ3v) is 3.33. The third kappa shape index (κ3) is 3.07. The molecule has 1 aromatic heterocycles. The number of hydrogen-bond acceptors (Lipinski definition) is 2. The van der Waals surface area contributed by atoms with Crippen molar-refractivity contribution in [2.45, 2.75) is 33.2 Å². The summed E-state index contributed by atoms with van der Waals surface area (Å²) in [6.45, 7) is 7.90. The normalized spacial score (nSPS) is 11.3. The molecule has 0 atom stereocenters. The molecule has 20 heavy (non-hydrogen) atoms. The minimum absolute atomic E-state index is 0.209. The first-order chi connectivity index (χ1) is 9.52. The van der Waals surface area contributed by atoms with E-state index in [2.05, 4.69) is 31.2 Å². The molecule has 4 heteroatoms. The number of benzene rings is 1. The van der Waals surface area contributed by atoms with Crippen molar-refractivity contribution < 1.29 is 4.39 Å². The summed E-state index contributed by atoms with van der Waals surface area (Å²) in [6.07, 6.45) is 1.97. The fraction of sp³-hybridized carbons (Fsp3) is 0.438. The predicted molar refractivity (Wildman–Crippen MR) is 80.1 cm³/mol. The van der Waals surface area contributed by atoms with E-state index in [1.54, 1.807) is 10.7 Å². The summed E-state index contributed by atoms with van der Waals surface area (Å²) < 4.78 is 15.4. The Morgan fingerprint density at radius 3 is 2.70 bits per heavy atom. The number of aryl methyl sites for hydroxylation is 1. The zero-order valence-electron chi connectivity index (χ0n) is 12.6. The smallest absolute Gasteiger partial charge is 0.123 e. The van der Waals surface area contributed by atoms with E-state index in [4.69, 9.17) is 0 Å². The summed E-state index contributed by atoms with van der Waals surface area (Å²) in [5.41, 5.74) is 4.07. The van der Waals surface area contributed by atoms with Gasteiger partial charge in [-0.3, -0.25) is 4.68 Å². The van der Waals surface area contributed by atoms with Gasteiger partial charge >= 0.3 is 0 Å². The molecule has 0 amide bonds. The average molecular weight is 275 g/mol. The third-order valence-electron chi connectivity index (χ3n) is 3.33. The summed E-state index contributed by atoms with van der Waals surface area (Å²) in [5.74, 6) is 0.0975. The number of rotatable bonds is 5. The van der Waals surface area contributed by atoms with Crippen LogP contribution in [0.4, 0.5) is 4.39 Å². The second kappa shape index (κ2) is 6.18. The molecular weight excluding hydrogens is 253 g/mol. The molecule has 0 aliphatic rings. The fourth-order valence-electron chi connectivity index (χ4n) is 2.35. The topological polar surface area (TPSA) is 29.9 Å². The van der Waals surface area contributed by atoms with Gasteiger partial charge in [-0.1, -0.05) is 26.8 Å².